The van der Waals surface area contributed by atoms with Crippen LogP contribution in [-0.2, 0) is 19.2 Å². The fourth-order valence-corrected chi connectivity index (χ4v) is 5.33. The molecule has 0 spiro atoms. The van der Waals surface area contributed by atoms with Gasteiger partial charge in [0.1, 0.15) is 12.1 Å². The van der Waals surface area contributed by atoms with E-state index in [9.17, 15) is 24.0 Å². The van der Waals surface area contributed by atoms with Crippen LogP contribution in [-0.4, -0.2) is 64.6 Å². The highest BCUT2D eigenvalue weighted by Crippen LogP contribution is 2.65. The zero-order valence-corrected chi connectivity index (χ0v) is 23.5. The molecule has 0 aromatic rings. The molecule has 1 unspecified atom stereocenters. The molecule has 0 radical (unpaired) electrons. The van der Waals surface area contributed by atoms with Crippen molar-refractivity contribution in [2.45, 2.75) is 111 Å². The highest BCUT2D eigenvalue weighted by molar-refractivity contribution is 6.37. The van der Waals surface area contributed by atoms with Crippen LogP contribution in [0.15, 0.2) is 0 Å². The first-order chi connectivity index (χ1) is 20.3. The third kappa shape index (κ3) is 6.86. The maximum atomic E-state index is 14.1. The minimum absolute atomic E-state index is 0.0975. The number of piperidine rings is 1. The Kier molecular flexibility index (Phi) is 5.60. The molecule has 2 saturated carbocycles. The van der Waals surface area contributed by atoms with E-state index in [1.165, 1.54) is 4.90 Å². The predicted octanol–water partition coefficient (Wildman–Crippen LogP) is 2.10. The molecule has 0 aromatic heterocycles. The smallest absolute Gasteiger partial charge is 0.315 e. The average molecular weight is 542 g/mol. The molecular weight excluding hydrogens is 486 g/mol. The molecule has 1 aliphatic heterocycles. The molecule has 10 nitrogen and oxygen atoms in total. The lowest BCUT2D eigenvalue weighted by molar-refractivity contribution is -0.144. The number of nitrogens with zero attached hydrogens (tertiary/aromatic N) is 1. The van der Waals surface area contributed by atoms with Crippen LogP contribution < -0.4 is 21.7 Å². The van der Waals surface area contributed by atoms with Gasteiger partial charge >= 0.3 is 6.03 Å². The molecule has 38 heavy (non-hydrogen) atoms. The van der Waals surface area contributed by atoms with Gasteiger partial charge in [-0.25, -0.2) is 4.79 Å². The standard InChI is InChI=1S/C28H47N5O5/c1-26(2,3)13-18(31-25(38)32-27(4,5)6)24(37)33-14-16-19(28(16,7)8)20(33)23(36)30-17(21(34)22(29)35)12-15-10-9-11-15/h15-20H,9-14H2,1-8H3,(H2,29,35)(H,30,36)(H2,31,32,38)/t16-,17?,18-,19-,20-/m0/s1/i9D2,10D2,11D2,15D,17D. The first kappa shape index (κ1) is 20.3. The lowest BCUT2D eigenvalue weighted by Gasteiger charge is -2.36. The van der Waals surface area contributed by atoms with E-state index in [1.54, 1.807) is 20.8 Å². The quantitative estimate of drug-likeness (QED) is 0.330. The van der Waals surface area contributed by atoms with Crippen LogP contribution in [0.1, 0.15) is 98.3 Å². The lowest BCUT2D eigenvalue weighted by atomic mass is 9.80. The molecule has 3 fully saturated rings. The summed E-state index contributed by atoms with van der Waals surface area (Å²) in [6.45, 7) is 14.7. The molecule has 2 aliphatic carbocycles. The molecule has 0 bridgehead atoms. The summed E-state index contributed by atoms with van der Waals surface area (Å²) in [7, 11) is 0. The van der Waals surface area contributed by atoms with Gasteiger partial charge in [-0.2, -0.15) is 0 Å². The van der Waals surface area contributed by atoms with Gasteiger partial charge in [-0.1, -0.05) is 53.7 Å². The van der Waals surface area contributed by atoms with E-state index in [0.717, 1.165) is 0 Å². The van der Waals surface area contributed by atoms with Crippen LogP contribution in [0.5, 0.6) is 0 Å². The molecule has 5 amide bonds. The Morgan fingerprint density at radius 1 is 1.11 bits per heavy atom. The summed E-state index contributed by atoms with van der Waals surface area (Å²) in [4.78, 5) is 67.3. The van der Waals surface area contributed by atoms with E-state index in [-0.39, 0.29) is 18.9 Å². The normalized spacial score (nSPS) is 34.6. The second-order valence-corrected chi connectivity index (χ2v) is 13.2. The Morgan fingerprint density at radius 3 is 2.24 bits per heavy atom. The molecular formula is C28H47N5O5. The number of fused-ring (bicyclic) bond motifs is 1. The largest absolute Gasteiger partial charge is 0.363 e. The van der Waals surface area contributed by atoms with Crippen molar-refractivity contribution in [1.29, 1.82) is 0 Å². The molecule has 3 rings (SSSR count). The number of hydrogen-bond acceptors (Lipinski definition) is 5. The molecule has 3 aliphatic rings. The predicted molar refractivity (Wildman–Crippen MR) is 144 cm³/mol. The van der Waals surface area contributed by atoms with Crippen molar-refractivity contribution < 1.29 is 34.9 Å². The summed E-state index contributed by atoms with van der Waals surface area (Å²) in [5.74, 6) is -8.91. The van der Waals surface area contributed by atoms with Crippen LogP contribution in [0.2, 0.25) is 0 Å². The molecule has 1 saturated heterocycles. The number of ketones is 1. The lowest BCUT2D eigenvalue weighted by Crippen LogP contribution is -2.60. The number of carbonyl (C=O) groups is 5. The van der Waals surface area contributed by atoms with Crippen molar-refractivity contribution in [3.8, 4) is 0 Å². The first-order valence-corrected chi connectivity index (χ1v) is 12.8. The van der Waals surface area contributed by atoms with E-state index >= 15 is 0 Å². The zero-order valence-electron chi connectivity index (χ0n) is 31.5. The van der Waals surface area contributed by atoms with Crippen molar-refractivity contribution in [1.82, 2.24) is 20.9 Å². The highest BCUT2D eigenvalue weighted by atomic mass is 16.2. The number of amides is 5. The Morgan fingerprint density at radius 2 is 1.71 bits per heavy atom. The number of Topliss-reactive ketones (excluding diaryl/α,β-unsaturated/α-hetero) is 1. The average Bonchev–Trinajstić information content (AvgIpc) is 3.18. The second kappa shape index (κ2) is 10.5. The van der Waals surface area contributed by atoms with E-state index in [4.69, 9.17) is 16.7 Å². The molecule has 5 atom stereocenters. The van der Waals surface area contributed by atoms with Gasteiger partial charge in [-0.05, 0) is 62.2 Å². The first-order valence-electron chi connectivity index (χ1n) is 16.8. The van der Waals surface area contributed by atoms with Gasteiger partial charge < -0.3 is 26.6 Å². The van der Waals surface area contributed by atoms with E-state index in [1.807, 2.05) is 34.6 Å². The maximum Gasteiger partial charge on any atom is 0.315 e. The minimum atomic E-state index is -3.24. The van der Waals surface area contributed by atoms with Gasteiger partial charge in [-0.15, -0.1) is 0 Å². The fraction of sp³-hybridized carbons (Fsp3) is 0.821. The van der Waals surface area contributed by atoms with Gasteiger partial charge in [0.25, 0.3) is 5.91 Å². The molecule has 10 heteroatoms. The van der Waals surface area contributed by atoms with Crippen LogP contribution in [0.3, 0.4) is 0 Å². The second-order valence-electron chi connectivity index (χ2n) is 13.2. The summed E-state index contributed by atoms with van der Waals surface area (Å²) >= 11 is 0. The number of hydrogen-bond donors (Lipinski definition) is 4. The van der Waals surface area contributed by atoms with Gasteiger partial charge in [0.05, 0.1) is 7.39 Å². The SMILES string of the molecule is [2H]C(CC1([2H])C([2H])([2H])C([2H])([2H])C1([2H])[2H])(NC(=O)[C@@H]1[C@@H]2[C@H](CN1C(=O)[C@H](CC(C)(C)C)NC(=O)NC(C)(C)C)C2(C)C)C(=O)C(N)=O. The molecule has 5 N–H and O–H groups in total. The number of primary amides is 1. The third-order valence-electron chi connectivity index (χ3n) is 7.22. The van der Waals surface area contributed by atoms with Crippen LogP contribution in [0.25, 0.3) is 0 Å². The number of nitrogens with two attached hydrogens (primary N) is 1. The number of rotatable bonds is 9. The number of likely N-dealkylation sites (tertiary alicyclic amines) is 1. The number of carbonyl (C=O) groups excluding carboxylic acids is 5. The number of nitrogens with one attached hydrogen (secondary N) is 3. The van der Waals surface area contributed by atoms with E-state index in [2.05, 4.69) is 16.0 Å². The molecule has 1 heterocycles. The third-order valence-corrected chi connectivity index (χ3v) is 7.22. The zero-order chi connectivity index (χ0) is 36.0. The van der Waals surface area contributed by atoms with Gasteiger partial charge in [0, 0.05) is 21.7 Å². The van der Waals surface area contributed by atoms with Crippen molar-refractivity contribution in [2.24, 2.45) is 34.3 Å². The summed E-state index contributed by atoms with van der Waals surface area (Å²) in [6.07, 6.45) is -10.9. The van der Waals surface area contributed by atoms with E-state index < -0.39 is 101 Å². The topological polar surface area (TPSA) is 151 Å². The van der Waals surface area contributed by atoms with Crippen molar-refractivity contribution in [2.75, 3.05) is 6.54 Å². The number of urea groups is 1. The Labute approximate surface area is 237 Å². The van der Waals surface area contributed by atoms with Crippen LogP contribution >= 0.6 is 0 Å². The minimum Gasteiger partial charge on any atom is -0.363 e. The molecule has 214 valence electrons. The summed E-state index contributed by atoms with van der Waals surface area (Å²) in [5, 5.41) is 7.53. The highest BCUT2D eigenvalue weighted by Gasteiger charge is 2.69. The van der Waals surface area contributed by atoms with Crippen molar-refractivity contribution in [3.05, 3.63) is 0 Å². The maximum absolute atomic E-state index is 14.1. The van der Waals surface area contributed by atoms with Crippen LogP contribution in [0, 0.1) is 28.6 Å². The monoisotopic (exact) mass is 541 g/mol. The van der Waals surface area contributed by atoms with Crippen molar-refractivity contribution >= 4 is 29.5 Å². The van der Waals surface area contributed by atoms with Gasteiger partial charge in [-0.3, -0.25) is 19.2 Å². The van der Waals surface area contributed by atoms with Crippen LogP contribution in [0.4, 0.5) is 4.79 Å². The Bertz CT molecular complexity index is 1310. The van der Waals surface area contributed by atoms with E-state index in [0.29, 0.717) is 0 Å². The fourth-order valence-electron chi connectivity index (χ4n) is 5.33. The Balaban J connectivity index is 2.00. The summed E-state index contributed by atoms with van der Waals surface area (Å²) in [6, 6.07) is -6.18. The van der Waals surface area contributed by atoms with Gasteiger partial charge in [0.15, 0.2) is 0 Å². The summed E-state index contributed by atoms with van der Waals surface area (Å²) < 4.78 is 65.6. The Hall–Kier alpha value is -2.65. The van der Waals surface area contributed by atoms with Crippen molar-refractivity contribution in [3.63, 3.8) is 0 Å². The molecule has 0 aromatic carbocycles. The summed E-state index contributed by atoms with van der Waals surface area (Å²) in [5.41, 5.74) is 3.64. The van der Waals surface area contributed by atoms with Gasteiger partial charge in [0.2, 0.25) is 17.6 Å².